The van der Waals surface area contributed by atoms with Crippen LogP contribution < -0.4 is 5.32 Å². The van der Waals surface area contributed by atoms with E-state index in [1.807, 2.05) is 13.0 Å². The Morgan fingerprint density at radius 3 is 2.78 bits per heavy atom. The van der Waals surface area contributed by atoms with Crippen molar-refractivity contribution in [3.63, 3.8) is 0 Å². The van der Waals surface area contributed by atoms with Gasteiger partial charge in [-0.1, -0.05) is 0 Å². The van der Waals surface area contributed by atoms with Crippen molar-refractivity contribution in [3.05, 3.63) is 24.0 Å². The van der Waals surface area contributed by atoms with E-state index in [-0.39, 0.29) is 5.91 Å². The number of pyridine rings is 1. The minimum absolute atomic E-state index is 0.126. The van der Waals surface area contributed by atoms with Crippen LogP contribution in [0.3, 0.4) is 0 Å². The van der Waals surface area contributed by atoms with Crippen LogP contribution in [-0.2, 0) is 0 Å². The highest BCUT2D eigenvalue weighted by molar-refractivity contribution is 5.92. The summed E-state index contributed by atoms with van der Waals surface area (Å²) in [5, 5.41) is 12.3. The number of aromatic nitrogens is 1. The Kier molecular flexibility index (Phi) is 5.58. The van der Waals surface area contributed by atoms with Gasteiger partial charge in [0.25, 0.3) is 5.91 Å². The minimum Gasteiger partial charge on any atom is -0.393 e. The molecule has 0 aliphatic rings. The molecule has 100 valence electrons. The molecule has 1 aromatic rings. The molecule has 1 rings (SSSR count). The lowest BCUT2D eigenvalue weighted by molar-refractivity contribution is 0.0763. The highest BCUT2D eigenvalue weighted by Crippen LogP contribution is 2.08. The molecule has 0 aromatic carbocycles. The number of aliphatic hydroxyl groups is 1. The van der Waals surface area contributed by atoms with E-state index in [0.717, 1.165) is 12.2 Å². The van der Waals surface area contributed by atoms with Crippen LogP contribution in [0, 0.1) is 0 Å². The zero-order valence-corrected chi connectivity index (χ0v) is 11.2. The van der Waals surface area contributed by atoms with E-state index < -0.39 is 6.10 Å². The lowest BCUT2D eigenvalue weighted by Crippen LogP contribution is -2.30. The summed E-state index contributed by atoms with van der Waals surface area (Å²) in [4.78, 5) is 17.7. The van der Waals surface area contributed by atoms with Crippen LogP contribution in [0.15, 0.2) is 18.3 Å². The number of nitrogens with zero attached hydrogens (tertiary/aromatic N) is 2. The number of carbonyl (C=O) groups is 1. The van der Waals surface area contributed by atoms with Gasteiger partial charge in [-0.15, -0.1) is 0 Å². The summed E-state index contributed by atoms with van der Waals surface area (Å²) in [6.07, 6.45) is 1.82. The van der Waals surface area contributed by atoms with Gasteiger partial charge in [-0.2, -0.15) is 0 Å². The maximum atomic E-state index is 12.0. The molecule has 1 unspecified atom stereocenters. The second-order valence-corrected chi connectivity index (χ2v) is 4.33. The van der Waals surface area contributed by atoms with Crippen LogP contribution in [0.25, 0.3) is 0 Å². The number of aliphatic hydroxyl groups excluding tert-OH is 1. The van der Waals surface area contributed by atoms with Crippen molar-refractivity contribution in [2.75, 3.05) is 25.5 Å². The number of nitrogens with one attached hydrogen (secondary N) is 1. The third-order valence-electron chi connectivity index (χ3n) is 2.59. The number of anilines is 1. The highest BCUT2D eigenvalue weighted by Gasteiger charge is 2.13. The van der Waals surface area contributed by atoms with Crippen molar-refractivity contribution >= 4 is 11.6 Å². The van der Waals surface area contributed by atoms with Crippen molar-refractivity contribution in [1.29, 1.82) is 0 Å². The van der Waals surface area contributed by atoms with Gasteiger partial charge in [0, 0.05) is 20.1 Å². The molecule has 0 spiro atoms. The molecule has 1 heterocycles. The summed E-state index contributed by atoms with van der Waals surface area (Å²) in [5.74, 6) is -0.126. The molecule has 0 saturated carbocycles. The summed E-state index contributed by atoms with van der Waals surface area (Å²) in [6.45, 7) is 5.06. The third kappa shape index (κ3) is 4.33. The Morgan fingerprint density at radius 1 is 1.56 bits per heavy atom. The van der Waals surface area contributed by atoms with Crippen LogP contribution in [0.1, 0.15) is 30.8 Å². The SMILES string of the molecule is CCNc1ccc(C(=O)N(C)CCC(C)O)nc1. The monoisotopic (exact) mass is 251 g/mol. The van der Waals surface area contributed by atoms with E-state index in [1.54, 1.807) is 31.1 Å². The zero-order valence-electron chi connectivity index (χ0n) is 11.2. The first-order chi connectivity index (χ1) is 8.54. The zero-order chi connectivity index (χ0) is 13.5. The molecule has 1 atom stereocenters. The number of hydrogen-bond acceptors (Lipinski definition) is 4. The average molecular weight is 251 g/mol. The van der Waals surface area contributed by atoms with Gasteiger partial charge in [0.05, 0.1) is 18.0 Å². The highest BCUT2D eigenvalue weighted by atomic mass is 16.3. The lowest BCUT2D eigenvalue weighted by Gasteiger charge is -2.17. The fourth-order valence-electron chi connectivity index (χ4n) is 1.51. The first kappa shape index (κ1) is 14.4. The topological polar surface area (TPSA) is 65.5 Å². The Morgan fingerprint density at radius 2 is 2.28 bits per heavy atom. The predicted octanol–water partition coefficient (Wildman–Crippen LogP) is 1.36. The van der Waals surface area contributed by atoms with E-state index in [0.29, 0.717) is 18.7 Å². The van der Waals surface area contributed by atoms with E-state index in [1.165, 1.54) is 0 Å². The van der Waals surface area contributed by atoms with E-state index >= 15 is 0 Å². The normalized spacial score (nSPS) is 12.0. The summed E-state index contributed by atoms with van der Waals surface area (Å²) < 4.78 is 0. The van der Waals surface area contributed by atoms with Crippen molar-refractivity contribution in [3.8, 4) is 0 Å². The van der Waals surface area contributed by atoms with E-state index in [9.17, 15) is 9.90 Å². The first-order valence-electron chi connectivity index (χ1n) is 6.18. The van der Waals surface area contributed by atoms with Gasteiger partial charge in [0.2, 0.25) is 0 Å². The molecule has 1 amide bonds. The second-order valence-electron chi connectivity index (χ2n) is 4.33. The molecule has 0 aliphatic heterocycles. The van der Waals surface area contributed by atoms with Crippen LogP contribution in [-0.4, -0.2) is 47.1 Å². The van der Waals surface area contributed by atoms with Crippen molar-refractivity contribution in [1.82, 2.24) is 9.88 Å². The van der Waals surface area contributed by atoms with E-state index in [2.05, 4.69) is 10.3 Å². The molecule has 0 bridgehead atoms. The van der Waals surface area contributed by atoms with Gasteiger partial charge in [-0.05, 0) is 32.4 Å². The quantitative estimate of drug-likeness (QED) is 0.801. The van der Waals surface area contributed by atoms with Crippen LogP contribution in [0.5, 0.6) is 0 Å². The third-order valence-corrected chi connectivity index (χ3v) is 2.59. The molecule has 0 fully saturated rings. The molecule has 18 heavy (non-hydrogen) atoms. The molecule has 0 radical (unpaired) electrons. The summed E-state index contributed by atoms with van der Waals surface area (Å²) in [7, 11) is 1.71. The number of hydrogen-bond donors (Lipinski definition) is 2. The summed E-state index contributed by atoms with van der Waals surface area (Å²) in [6, 6.07) is 3.55. The van der Waals surface area contributed by atoms with Crippen molar-refractivity contribution < 1.29 is 9.90 Å². The summed E-state index contributed by atoms with van der Waals surface area (Å²) in [5.41, 5.74) is 1.32. The molecule has 5 nitrogen and oxygen atoms in total. The Bertz CT molecular complexity index is 376. The minimum atomic E-state index is -0.399. The average Bonchev–Trinajstić information content (AvgIpc) is 2.36. The van der Waals surface area contributed by atoms with Gasteiger partial charge < -0.3 is 15.3 Å². The predicted molar refractivity (Wildman–Crippen MR) is 71.7 cm³/mol. The Hall–Kier alpha value is -1.62. The maximum Gasteiger partial charge on any atom is 0.272 e. The van der Waals surface area contributed by atoms with Gasteiger partial charge in [0.1, 0.15) is 5.69 Å². The van der Waals surface area contributed by atoms with Gasteiger partial charge in [-0.25, -0.2) is 4.98 Å². The molecule has 5 heteroatoms. The van der Waals surface area contributed by atoms with Crippen molar-refractivity contribution in [2.24, 2.45) is 0 Å². The number of amides is 1. The molecular formula is C13H21N3O2. The Balaban J connectivity index is 2.60. The molecular weight excluding hydrogens is 230 g/mol. The Labute approximate surface area is 108 Å². The van der Waals surface area contributed by atoms with E-state index in [4.69, 9.17) is 0 Å². The largest absolute Gasteiger partial charge is 0.393 e. The van der Waals surface area contributed by atoms with Crippen LogP contribution >= 0.6 is 0 Å². The molecule has 1 aromatic heterocycles. The van der Waals surface area contributed by atoms with Gasteiger partial charge >= 0.3 is 0 Å². The second kappa shape index (κ2) is 6.96. The number of rotatable bonds is 6. The fourth-order valence-corrected chi connectivity index (χ4v) is 1.51. The summed E-state index contributed by atoms with van der Waals surface area (Å²) >= 11 is 0. The van der Waals surface area contributed by atoms with Gasteiger partial charge in [0.15, 0.2) is 0 Å². The van der Waals surface area contributed by atoms with Crippen LogP contribution in [0.2, 0.25) is 0 Å². The molecule has 0 aliphatic carbocycles. The number of carbonyl (C=O) groups excluding carboxylic acids is 1. The fraction of sp³-hybridized carbons (Fsp3) is 0.538. The standard InChI is InChI=1S/C13H21N3O2/c1-4-14-11-5-6-12(15-9-11)13(18)16(3)8-7-10(2)17/h5-6,9-10,14,17H,4,7-8H2,1-3H3. The van der Waals surface area contributed by atoms with Crippen molar-refractivity contribution in [2.45, 2.75) is 26.4 Å². The lowest BCUT2D eigenvalue weighted by atomic mass is 10.2. The molecule has 2 N–H and O–H groups in total. The maximum absolute atomic E-state index is 12.0. The smallest absolute Gasteiger partial charge is 0.272 e. The van der Waals surface area contributed by atoms with Gasteiger partial charge in [-0.3, -0.25) is 4.79 Å². The molecule has 0 saturated heterocycles. The first-order valence-corrected chi connectivity index (χ1v) is 6.18. The van der Waals surface area contributed by atoms with Crippen LogP contribution in [0.4, 0.5) is 5.69 Å².